The minimum Gasteiger partial charge on any atom is -0.182 e. The van der Waals surface area contributed by atoms with E-state index in [1.807, 2.05) is 0 Å². The first-order valence-electron chi connectivity index (χ1n) is 4.63. The molecule has 0 heterocycles. The maximum Gasteiger partial charge on any atom is 0.341 e. The monoisotopic (exact) mass is 180 g/mol. The van der Waals surface area contributed by atoms with Gasteiger partial charge in [0.2, 0.25) is 0 Å². The van der Waals surface area contributed by atoms with E-state index in [0.717, 1.165) is 32.1 Å². The van der Waals surface area contributed by atoms with Crippen molar-refractivity contribution in [3.63, 3.8) is 0 Å². The zero-order valence-corrected chi connectivity index (χ0v) is 7.58. The van der Waals surface area contributed by atoms with Gasteiger partial charge in [-0.25, -0.2) is 0 Å². The van der Waals surface area contributed by atoms with Crippen LogP contribution in [0.15, 0.2) is 0 Å². The molecule has 0 aromatic rings. The summed E-state index contributed by atoms with van der Waals surface area (Å²) in [5.41, 5.74) is 0. The molecule has 0 nitrogen and oxygen atoms in total. The van der Waals surface area contributed by atoms with Crippen LogP contribution in [0.2, 0.25) is 6.32 Å². The maximum absolute atomic E-state index is 11.6. The summed E-state index contributed by atoms with van der Waals surface area (Å²) in [6, 6.07) is 0. The van der Waals surface area contributed by atoms with E-state index in [9.17, 15) is 13.2 Å². The first-order valence-corrected chi connectivity index (χ1v) is 4.63. The third-order valence-electron chi connectivity index (χ3n) is 1.81. The van der Waals surface area contributed by atoms with Gasteiger partial charge >= 0.3 is 6.08 Å². The van der Waals surface area contributed by atoms with Crippen LogP contribution in [0.5, 0.6) is 0 Å². The van der Waals surface area contributed by atoms with Gasteiger partial charge < -0.3 is 0 Å². The Morgan fingerprint density at radius 3 is 2.08 bits per heavy atom. The molecule has 0 saturated heterocycles. The lowest BCUT2D eigenvalue weighted by molar-refractivity contribution is -0.0472. The van der Waals surface area contributed by atoms with Crippen molar-refractivity contribution in [3.8, 4) is 0 Å². The minimum atomic E-state index is -3.95. The quantitative estimate of drug-likeness (QED) is 0.434. The van der Waals surface area contributed by atoms with E-state index in [-0.39, 0.29) is 0 Å². The van der Waals surface area contributed by atoms with Crippen molar-refractivity contribution in [2.24, 2.45) is 0 Å². The summed E-state index contributed by atoms with van der Waals surface area (Å²) in [5, 5.41) is 0. The fourth-order valence-electron chi connectivity index (χ4n) is 1.11. The van der Waals surface area contributed by atoms with Crippen molar-refractivity contribution in [1.82, 2.24) is 0 Å². The Hall–Kier alpha value is -0.145. The normalized spacial score (nSPS) is 11.7. The lowest BCUT2D eigenvalue weighted by Gasteiger charge is -2.03. The topological polar surface area (TPSA) is 0 Å². The molecule has 0 N–H and O–H groups in total. The lowest BCUT2D eigenvalue weighted by atomic mass is 9.72. The van der Waals surface area contributed by atoms with Gasteiger partial charge in [0.15, 0.2) is 0 Å². The van der Waals surface area contributed by atoms with Crippen molar-refractivity contribution in [3.05, 3.63) is 0 Å². The largest absolute Gasteiger partial charge is 0.341 e. The van der Waals surface area contributed by atoms with E-state index < -0.39 is 13.4 Å². The average molecular weight is 180 g/mol. The van der Waals surface area contributed by atoms with Crippen molar-refractivity contribution in [2.45, 2.75) is 51.4 Å². The first-order chi connectivity index (χ1) is 5.56. The number of rotatable bonds is 6. The Labute approximate surface area is 72.8 Å². The van der Waals surface area contributed by atoms with Crippen molar-refractivity contribution in [1.29, 1.82) is 0 Å². The van der Waals surface area contributed by atoms with Crippen LogP contribution < -0.4 is 0 Å². The molecular formula is C8H16BF3. The van der Waals surface area contributed by atoms with Crippen LogP contribution in [-0.2, 0) is 0 Å². The van der Waals surface area contributed by atoms with Gasteiger partial charge in [0.1, 0.15) is 0 Å². The number of hydrogen-bond donors (Lipinski definition) is 0. The molecule has 0 aromatic heterocycles. The molecule has 0 amide bonds. The molecule has 0 bridgehead atoms. The molecule has 0 aromatic carbocycles. The van der Waals surface area contributed by atoms with Crippen LogP contribution in [0.3, 0.4) is 0 Å². The fourth-order valence-corrected chi connectivity index (χ4v) is 1.11. The van der Waals surface area contributed by atoms with Crippen LogP contribution in [0.1, 0.15) is 39.0 Å². The molecule has 0 rings (SSSR count). The lowest BCUT2D eigenvalue weighted by Crippen LogP contribution is -2.17. The van der Waals surface area contributed by atoms with Crippen molar-refractivity contribution in [2.75, 3.05) is 0 Å². The van der Waals surface area contributed by atoms with Gasteiger partial charge in [-0.2, -0.15) is 13.2 Å². The van der Waals surface area contributed by atoms with Gasteiger partial charge in [-0.3, -0.25) is 0 Å². The Kier molecular flexibility index (Phi) is 6.30. The molecule has 0 unspecified atom stereocenters. The molecule has 72 valence electrons. The van der Waals surface area contributed by atoms with Crippen LogP contribution in [0.4, 0.5) is 13.2 Å². The molecule has 0 fully saturated rings. The maximum atomic E-state index is 11.6. The number of unbranched alkanes of at least 4 members (excludes halogenated alkanes) is 4. The summed E-state index contributed by atoms with van der Waals surface area (Å²) in [6.45, 7) is 2.09. The predicted octanol–water partition coefficient (Wildman–Crippen LogP) is 3.33. The minimum absolute atomic E-state index is 0.299. The second-order valence-corrected chi connectivity index (χ2v) is 3.13. The molecule has 0 aliphatic rings. The van der Waals surface area contributed by atoms with E-state index >= 15 is 0 Å². The molecule has 0 aliphatic heterocycles. The van der Waals surface area contributed by atoms with E-state index in [4.69, 9.17) is 0 Å². The highest BCUT2D eigenvalue weighted by Crippen LogP contribution is 2.16. The third kappa shape index (κ3) is 9.85. The summed E-state index contributed by atoms with van der Waals surface area (Å²) in [4.78, 5) is 0. The zero-order valence-electron chi connectivity index (χ0n) is 7.58. The summed E-state index contributed by atoms with van der Waals surface area (Å²) < 4.78 is 34.9. The van der Waals surface area contributed by atoms with Crippen LogP contribution in [0, 0.1) is 0 Å². The van der Waals surface area contributed by atoms with Crippen LogP contribution >= 0.6 is 0 Å². The summed E-state index contributed by atoms with van der Waals surface area (Å²) >= 11 is 0. The van der Waals surface area contributed by atoms with Gasteiger partial charge in [0.05, 0.1) is 0 Å². The Balaban J connectivity index is 3.01. The SMILES string of the molecule is CCCCCCCBC(F)(F)F. The van der Waals surface area contributed by atoms with Crippen LogP contribution in [-0.4, -0.2) is 13.4 Å². The van der Waals surface area contributed by atoms with Gasteiger partial charge in [0, 0.05) is 0 Å². The highest BCUT2D eigenvalue weighted by Gasteiger charge is 2.27. The highest BCUT2D eigenvalue weighted by atomic mass is 19.4. The molecule has 0 saturated carbocycles. The van der Waals surface area contributed by atoms with Gasteiger partial charge in [-0.15, -0.1) is 0 Å². The Morgan fingerprint density at radius 1 is 1.00 bits per heavy atom. The van der Waals surface area contributed by atoms with E-state index in [0.29, 0.717) is 6.32 Å². The summed E-state index contributed by atoms with van der Waals surface area (Å²) in [6.07, 6.45) is 1.38. The summed E-state index contributed by atoms with van der Waals surface area (Å²) in [5.74, 6) is 0. The molecule has 0 atom stereocenters. The summed E-state index contributed by atoms with van der Waals surface area (Å²) in [7, 11) is -0.612. The molecule has 4 heteroatoms. The average Bonchev–Trinajstić information content (AvgIpc) is 1.94. The Bertz CT molecular complexity index is 101. The number of alkyl halides is 3. The van der Waals surface area contributed by atoms with Crippen molar-refractivity contribution >= 4 is 7.28 Å². The van der Waals surface area contributed by atoms with Gasteiger partial charge in [-0.1, -0.05) is 45.3 Å². The molecule has 0 radical (unpaired) electrons. The van der Waals surface area contributed by atoms with Crippen molar-refractivity contribution < 1.29 is 13.2 Å². The number of hydrogen-bond acceptors (Lipinski definition) is 0. The smallest absolute Gasteiger partial charge is 0.182 e. The van der Waals surface area contributed by atoms with E-state index in [1.165, 1.54) is 0 Å². The molecule has 0 aliphatic carbocycles. The molecule has 12 heavy (non-hydrogen) atoms. The second-order valence-electron chi connectivity index (χ2n) is 3.13. The molecular weight excluding hydrogens is 164 g/mol. The number of halogens is 3. The zero-order chi connectivity index (χ0) is 9.45. The van der Waals surface area contributed by atoms with Crippen LogP contribution in [0.25, 0.3) is 0 Å². The molecule has 0 spiro atoms. The highest BCUT2D eigenvalue weighted by molar-refractivity contribution is 6.37. The van der Waals surface area contributed by atoms with E-state index in [2.05, 4.69) is 6.92 Å². The predicted molar refractivity (Wildman–Crippen MR) is 46.8 cm³/mol. The second kappa shape index (κ2) is 6.38. The fraction of sp³-hybridized carbons (Fsp3) is 1.00. The van der Waals surface area contributed by atoms with Gasteiger partial charge in [0.25, 0.3) is 7.28 Å². The standard InChI is InChI=1S/C8H16BF3/c1-2-3-4-5-6-7-9-8(10,11)12/h9H,2-7H2,1H3. The Morgan fingerprint density at radius 2 is 1.58 bits per heavy atom. The van der Waals surface area contributed by atoms with Gasteiger partial charge in [-0.05, 0) is 0 Å². The third-order valence-corrected chi connectivity index (χ3v) is 1.81. The first kappa shape index (κ1) is 11.9. The van der Waals surface area contributed by atoms with E-state index in [1.54, 1.807) is 0 Å².